The van der Waals surface area contributed by atoms with E-state index in [4.69, 9.17) is 5.73 Å². The van der Waals surface area contributed by atoms with Crippen LogP contribution in [0.15, 0.2) is 0 Å². The standard InChI is InChI=1S/C6H13NS/c1-5-4-6(7)2-3-8-5/h5-6H,2-4,7H2,1H3/t5-,6-/m1/s1. The van der Waals surface area contributed by atoms with E-state index in [1.807, 2.05) is 11.8 Å². The van der Waals surface area contributed by atoms with Crippen molar-refractivity contribution < 1.29 is 0 Å². The van der Waals surface area contributed by atoms with Gasteiger partial charge in [-0.25, -0.2) is 0 Å². The van der Waals surface area contributed by atoms with Gasteiger partial charge < -0.3 is 5.73 Å². The van der Waals surface area contributed by atoms with E-state index >= 15 is 0 Å². The third kappa shape index (κ3) is 1.67. The SMILES string of the molecule is C[C@@H]1C[C@H](N)CCS1. The third-order valence-electron chi connectivity index (χ3n) is 1.53. The summed E-state index contributed by atoms with van der Waals surface area (Å²) in [5.74, 6) is 1.27. The van der Waals surface area contributed by atoms with Crippen LogP contribution in [0.2, 0.25) is 0 Å². The average molecular weight is 131 g/mol. The van der Waals surface area contributed by atoms with E-state index in [0.717, 1.165) is 5.25 Å². The molecule has 0 aromatic carbocycles. The van der Waals surface area contributed by atoms with E-state index in [1.54, 1.807) is 0 Å². The van der Waals surface area contributed by atoms with Crippen molar-refractivity contribution >= 4 is 11.8 Å². The lowest BCUT2D eigenvalue weighted by Gasteiger charge is -2.22. The van der Waals surface area contributed by atoms with Crippen LogP contribution >= 0.6 is 11.8 Å². The molecular weight excluding hydrogens is 118 g/mol. The molecule has 0 bridgehead atoms. The monoisotopic (exact) mass is 131 g/mol. The molecule has 0 aliphatic carbocycles. The van der Waals surface area contributed by atoms with Crippen molar-refractivity contribution in [3.63, 3.8) is 0 Å². The van der Waals surface area contributed by atoms with Crippen molar-refractivity contribution in [2.45, 2.75) is 31.1 Å². The Balaban J connectivity index is 2.23. The molecule has 0 aromatic rings. The Kier molecular flexibility index (Phi) is 2.20. The fourth-order valence-electron chi connectivity index (χ4n) is 1.03. The molecular formula is C6H13NS. The van der Waals surface area contributed by atoms with Gasteiger partial charge in [-0.2, -0.15) is 11.8 Å². The fourth-order valence-corrected chi connectivity index (χ4v) is 2.26. The van der Waals surface area contributed by atoms with Crippen molar-refractivity contribution in [1.82, 2.24) is 0 Å². The van der Waals surface area contributed by atoms with E-state index in [9.17, 15) is 0 Å². The number of thioether (sulfide) groups is 1. The molecule has 1 aliphatic rings. The van der Waals surface area contributed by atoms with Crippen LogP contribution < -0.4 is 5.73 Å². The van der Waals surface area contributed by atoms with E-state index in [-0.39, 0.29) is 0 Å². The second kappa shape index (κ2) is 2.74. The summed E-state index contributed by atoms with van der Waals surface area (Å²) >= 11 is 2.04. The predicted octanol–water partition coefficient (Wildman–Crippen LogP) is 1.23. The summed E-state index contributed by atoms with van der Waals surface area (Å²) in [6, 6.07) is 0.492. The number of hydrogen-bond donors (Lipinski definition) is 1. The second-order valence-corrected chi connectivity index (χ2v) is 4.01. The Morgan fingerprint density at radius 3 is 2.75 bits per heavy atom. The van der Waals surface area contributed by atoms with Crippen molar-refractivity contribution in [2.75, 3.05) is 5.75 Å². The molecule has 1 fully saturated rings. The first-order valence-electron chi connectivity index (χ1n) is 3.16. The molecule has 0 amide bonds. The molecule has 0 aromatic heterocycles. The summed E-state index contributed by atoms with van der Waals surface area (Å²) in [4.78, 5) is 0. The Morgan fingerprint density at radius 2 is 2.38 bits per heavy atom. The molecule has 1 heterocycles. The Labute approximate surface area is 55.0 Å². The number of hydrogen-bond acceptors (Lipinski definition) is 2. The maximum Gasteiger partial charge on any atom is 0.00571 e. The molecule has 2 N–H and O–H groups in total. The zero-order chi connectivity index (χ0) is 5.98. The first-order chi connectivity index (χ1) is 3.79. The summed E-state index contributed by atoms with van der Waals surface area (Å²) in [6.07, 6.45) is 2.43. The highest BCUT2D eigenvalue weighted by Gasteiger charge is 2.14. The molecule has 0 unspecified atom stereocenters. The summed E-state index contributed by atoms with van der Waals surface area (Å²) in [6.45, 7) is 2.25. The zero-order valence-corrected chi connectivity index (χ0v) is 6.08. The van der Waals surface area contributed by atoms with Gasteiger partial charge in [0.15, 0.2) is 0 Å². The molecule has 1 nitrogen and oxygen atoms in total. The molecule has 0 spiro atoms. The highest BCUT2D eigenvalue weighted by atomic mass is 32.2. The van der Waals surface area contributed by atoms with E-state index in [0.29, 0.717) is 6.04 Å². The molecule has 0 saturated carbocycles. The minimum absolute atomic E-state index is 0.492. The topological polar surface area (TPSA) is 26.0 Å². The predicted molar refractivity (Wildman–Crippen MR) is 39.1 cm³/mol. The van der Waals surface area contributed by atoms with Gasteiger partial charge in [0, 0.05) is 11.3 Å². The first-order valence-corrected chi connectivity index (χ1v) is 4.21. The summed E-state index contributed by atoms with van der Waals surface area (Å²) in [7, 11) is 0. The van der Waals surface area contributed by atoms with Gasteiger partial charge in [-0.1, -0.05) is 6.92 Å². The second-order valence-electron chi connectivity index (χ2n) is 2.47. The van der Waals surface area contributed by atoms with Crippen LogP contribution in [0.5, 0.6) is 0 Å². The van der Waals surface area contributed by atoms with Crippen LogP contribution in [-0.4, -0.2) is 17.0 Å². The molecule has 0 radical (unpaired) electrons. The van der Waals surface area contributed by atoms with E-state index < -0.39 is 0 Å². The molecule has 48 valence electrons. The van der Waals surface area contributed by atoms with Crippen LogP contribution in [0.3, 0.4) is 0 Å². The average Bonchev–Trinajstić information content (AvgIpc) is 1.64. The fraction of sp³-hybridized carbons (Fsp3) is 1.00. The maximum atomic E-state index is 5.71. The lowest BCUT2D eigenvalue weighted by Crippen LogP contribution is -2.28. The van der Waals surface area contributed by atoms with Crippen LogP contribution in [0.4, 0.5) is 0 Å². The van der Waals surface area contributed by atoms with Gasteiger partial charge in [0.1, 0.15) is 0 Å². The minimum Gasteiger partial charge on any atom is -0.328 e. The van der Waals surface area contributed by atoms with Crippen LogP contribution in [0, 0.1) is 0 Å². The van der Waals surface area contributed by atoms with Crippen molar-refractivity contribution in [2.24, 2.45) is 5.73 Å². The molecule has 1 aliphatic heterocycles. The van der Waals surface area contributed by atoms with E-state index in [2.05, 4.69) is 6.92 Å². The highest BCUT2D eigenvalue weighted by molar-refractivity contribution is 7.99. The minimum atomic E-state index is 0.492. The Bertz CT molecular complexity index is 66.9. The van der Waals surface area contributed by atoms with Crippen LogP contribution in [-0.2, 0) is 0 Å². The summed E-state index contributed by atoms with van der Waals surface area (Å²) < 4.78 is 0. The van der Waals surface area contributed by atoms with Gasteiger partial charge in [-0.3, -0.25) is 0 Å². The third-order valence-corrected chi connectivity index (χ3v) is 2.76. The first kappa shape index (κ1) is 6.43. The lowest BCUT2D eigenvalue weighted by molar-refractivity contribution is 0.581. The molecule has 8 heavy (non-hydrogen) atoms. The van der Waals surface area contributed by atoms with Gasteiger partial charge in [0.25, 0.3) is 0 Å². The normalized spacial score (nSPS) is 39.8. The maximum absolute atomic E-state index is 5.71. The Morgan fingerprint density at radius 1 is 1.62 bits per heavy atom. The van der Waals surface area contributed by atoms with Crippen molar-refractivity contribution in [1.29, 1.82) is 0 Å². The van der Waals surface area contributed by atoms with E-state index in [1.165, 1.54) is 18.6 Å². The van der Waals surface area contributed by atoms with Crippen LogP contribution in [0.1, 0.15) is 19.8 Å². The Hall–Kier alpha value is 0.310. The highest BCUT2D eigenvalue weighted by Crippen LogP contribution is 2.23. The quantitative estimate of drug-likeness (QED) is 0.535. The molecule has 2 heteroatoms. The summed E-state index contributed by atoms with van der Waals surface area (Å²) in [5.41, 5.74) is 5.71. The van der Waals surface area contributed by atoms with Gasteiger partial charge in [0.2, 0.25) is 0 Å². The van der Waals surface area contributed by atoms with Crippen molar-refractivity contribution in [3.8, 4) is 0 Å². The smallest absolute Gasteiger partial charge is 0.00571 e. The van der Waals surface area contributed by atoms with Crippen LogP contribution in [0.25, 0.3) is 0 Å². The lowest BCUT2D eigenvalue weighted by atomic mass is 10.1. The summed E-state index contributed by atoms with van der Waals surface area (Å²) in [5, 5.41) is 0.804. The zero-order valence-electron chi connectivity index (χ0n) is 5.26. The van der Waals surface area contributed by atoms with Crippen molar-refractivity contribution in [3.05, 3.63) is 0 Å². The number of rotatable bonds is 0. The largest absolute Gasteiger partial charge is 0.328 e. The van der Waals surface area contributed by atoms with Gasteiger partial charge >= 0.3 is 0 Å². The van der Waals surface area contributed by atoms with Gasteiger partial charge in [0.05, 0.1) is 0 Å². The van der Waals surface area contributed by atoms with Gasteiger partial charge in [-0.15, -0.1) is 0 Å². The van der Waals surface area contributed by atoms with Gasteiger partial charge in [-0.05, 0) is 18.6 Å². The molecule has 2 atom stereocenters. The molecule has 1 saturated heterocycles. The number of nitrogens with two attached hydrogens (primary N) is 1. The molecule has 1 rings (SSSR count).